The highest BCUT2D eigenvalue weighted by molar-refractivity contribution is 5.77. The Kier molecular flexibility index (Phi) is 5.49. The van der Waals surface area contributed by atoms with Gasteiger partial charge in [0.05, 0.1) is 0 Å². The van der Waals surface area contributed by atoms with Gasteiger partial charge in [-0.1, -0.05) is 30.3 Å². The molecule has 0 unspecified atom stereocenters. The molecule has 1 amide bonds. The number of aromatic nitrogens is 4. The first-order chi connectivity index (χ1) is 13.0. The van der Waals surface area contributed by atoms with Crippen molar-refractivity contribution in [3.05, 3.63) is 81.5 Å². The number of nitrogens with one attached hydrogen (secondary N) is 2. The topological polar surface area (TPSA) is 92.7 Å². The number of hydrogen-bond acceptors (Lipinski definition) is 4. The molecule has 0 bridgehead atoms. The predicted octanol–water partition coefficient (Wildman–Crippen LogP) is 1.96. The Morgan fingerprint density at radius 2 is 2.00 bits per heavy atom. The third-order valence-electron chi connectivity index (χ3n) is 4.61. The SMILES string of the molecule is Cc1nc(=O)[nH]c(C)c1CCC(=O)N[C@H](c1ccccc1)c1nccn1C. The molecule has 27 heavy (non-hydrogen) atoms. The highest BCUT2D eigenvalue weighted by atomic mass is 16.1. The van der Waals surface area contributed by atoms with Gasteiger partial charge in [-0.05, 0) is 31.4 Å². The fourth-order valence-corrected chi connectivity index (χ4v) is 3.19. The Morgan fingerprint density at radius 3 is 2.63 bits per heavy atom. The van der Waals surface area contributed by atoms with E-state index in [1.165, 1.54) is 0 Å². The summed E-state index contributed by atoms with van der Waals surface area (Å²) in [5.41, 5.74) is 2.92. The standard InChI is InChI=1S/C20H23N5O2/c1-13-16(14(2)23-20(27)22-13)9-10-17(26)24-18(15-7-5-4-6-8-15)19-21-11-12-25(19)3/h4-8,11-12,18H,9-10H2,1-3H3,(H,24,26)(H,22,23,27)/t18-/m1/s1. The Bertz CT molecular complexity index is 965. The van der Waals surface area contributed by atoms with E-state index in [2.05, 4.69) is 20.3 Å². The lowest BCUT2D eigenvalue weighted by molar-refractivity contribution is -0.121. The zero-order chi connectivity index (χ0) is 19.4. The highest BCUT2D eigenvalue weighted by Gasteiger charge is 2.20. The van der Waals surface area contributed by atoms with E-state index in [9.17, 15) is 9.59 Å². The summed E-state index contributed by atoms with van der Waals surface area (Å²) in [7, 11) is 1.91. The summed E-state index contributed by atoms with van der Waals surface area (Å²) >= 11 is 0. The van der Waals surface area contributed by atoms with Crippen molar-refractivity contribution in [2.24, 2.45) is 7.05 Å². The van der Waals surface area contributed by atoms with E-state index >= 15 is 0 Å². The third kappa shape index (κ3) is 4.31. The van der Waals surface area contributed by atoms with Gasteiger partial charge in [-0.3, -0.25) is 4.79 Å². The van der Waals surface area contributed by atoms with Crippen LogP contribution >= 0.6 is 0 Å². The van der Waals surface area contributed by atoms with Crippen molar-refractivity contribution >= 4 is 5.91 Å². The number of H-pyrrole nitrogens is 1. The summed E-state index contributed by atoms with van der Waals surface area (Å²) in [6.07, 6.45) is 4.38. The van der Waals surface area contributed by atoms with Crippen LogP contribution in [-0.2, 0) is 18.3 Å². The molecule has 0 aliphatic carbocycles. The highest BCUT2D eigenvalue weighted by Crippen LogP contribution is 2.20. The molecular weight excluding hydrogens is 342 g/mol. The van der Waals surface area contributed by atoms with Crippen LogP contribution in [0, 0.1) is 13.8 Å². The maximum atomic E-state index is 12.7. The molecular formula is C20H23N5O2. The van der Waals surface area contributed by atoms with Gasteiger partial charge in [-0.2, -0.15) is 4.98 Å². The molecule has 0 spiro atoms. The van der Waals surface area contributed by atoms with Gasteiger partial charge in [-0.15, -0.1) is 0 Å². The van der Waals surface area contributed by atoms with Crippen LogP contribution < -0.4 is 11.0 Å². The number of amides is 1. The van der Waals surface area contributed by atoms with Crippen LogP contribution in [0.5, 0.6) is 0 Å². The second kappa shape index (κ2) is 7.99. The van der Waals surface area contributed by atoms with E-state index in [0.717, 1.165) is 22.6 Å². The molecule has 0 radical (unpaired) electrons. The first-order valence-corrected chi connectivity index (χ1v) is 8.83. The van der Waals surface area contributed by atoms with Crippen molar-refractivity contribution in [3.63, 3.8) is 0 Å². The molecule has 2 aromatic heterocycles. The lowest BCUT2D eigenvalue weighted by Gasteiger charge is -2.19. The maximum Gasteiger partial charge on any atom is 0.345 e. The van der Waals surface area contributed by atoms with Gasteiger partial charge >= 0.3 is 5.69 Å². The molecule has 3 aromatic rings. The van der Waals surface area contributed by atoms with E-state index in [4.69, 9.17) is 0 Å². The van der Waals surface area contributed by atoms with Crippen molar-refractivity contribution in [1.29, 1.82) is 0 Å². The van der Waals surface area contributed by atoms with E-state index in [0.29, 0.717) is 18.5 Å². The molecule has 2 heterocycles. The van der Waals surface area contributed by atoms with E-state index < -0.39 is 0 Å². The van der Waals surface area contributed by atoms with Crippen LogP contribution in [0.3, 0.4) is 0 Å². The van der Waals surface area contributed by atoms with Gasteiger partial charge in [0.2, 0.25) is 5.91 Å². The van der Waals surface area contributed by atoms with Gasteiger partial charge in [0.15, 0.2) is 0 Å². The number of hydrogen-bond donors (Lipinski definition) is 2. The average molecular weight is 365 g/mol. The van der Waals surface area contributed by atoms with Gasteiger partial charge in [0.25, 0.3) is 0 Å². The number of carbonyl (C=O) groups is 1. The van der Waals surface area contributed by atoms with Crippen LogP contribution in [0.15, 0.2) is 47.5 Å². The number of nitrogens with zero attached hydrogens (tertiary/aromatic N) is 3. The zero-order valence-corrected chi connectivity index (χ0v) is 15.7. The third-order valence-corrected chi connectivity index (χ3v) is 4.61. The van der Waals surface area contributed by atoms with Crippen LogP contribution in [0.2, 0.25) is 0 Å². The molecule has 140 valence electrons. The van der Waals surface area contributed by atoms with Gasteiger partial charge in [0, 0.05) is 37.3 Å². The summed E-state index contributed by atoms with van der Waals surface area (Å²) in [6.45, 7) is 3.61. The van der Waals surface area contributed by atoms with Gasteiger partial charge < -0.3 is 14.9 Å². The Labute approximate surface area is 157 Å². The predicted molar refractivity (Wildman–Crippen MR) is 102 cm³/mol. The largest absolute Gasteiger partial charge is 0.345 e. The van der Waals surface area contributed by atoms with Gasteiger partial charge in [0.1, 0.15) is 11.9 Å². The van der Waals surface area contributed by atoms with Crippen molar-refractivity contribution in [3.8, 4) is 0 Å². The summed E-state index contributed by atoms with van der Waals surface area (Å²) < 4.78 is 1.90. The summed E-state index contributed by atoms with van der Waals surface area (Å²) in [5.74, 6) is 0.685. The first kappa shape index (κ1) is 18.6. The number of rotatable bonds is 6. The second-order valence-electron chi connectivity index (χ2n) is 6.54. The molecule has 7 heteroatoms. The molecule has 1 aromatic carbocycles. The van der Waals surface area contributed by atoms with Crippen LogP contribution in [-0.4, -0.2) is 25.4 Å². The number of benzene rings is 1. The summed E-state index contributed by atoms with van der Waals surface area (Å²) in [6, 6.07) is 9.44. The van der Waals surface area contributed by atoms with Crippen molar-refractivity contribution < 1.29 is 4.79 Å². The molecule has 3 rings (SSSR count). The normalized spacial score (nSPS) is 12.0. The lowest BCUT2D eigenvalue weighted by atomic mass is 10.0. The fraction of sp³-hybridized carbons (Fsp3) is 0.300. The monoisotopic (exact) mass is 365 g/mol. The molecule has 0 aliphatic heterocycles. The Morgan fingerprint density at radius 1 is 1.26 bits per heavy atom. The maximum absolute atomic E-state index is 12.7. The molecule has 1 atom stereocenters. The van der Waals surface area contributed by atoms with E-state index in [1.807, 2.05) is 55.1 Å². The summed E-state index contributed by atoms with van der Waals surface area (Å²) in [4.78, 5) is 35.1. The molecule has 0 saturated heterocycles. The molecule has 0 aliphatic rings. The van der Waals surface area contributed by atoms with Crippen molar-refractivity contribution in [1.82, 2.24) is 24.8 Å². The van der Waals surface area contributed by atoms with E-state index in [1.54, 1.807) is 13.1 Å². The quantitative estimate of drug-likeness (QED) is 0.698. The molecule has 0 fully saturated rings. The lowest BCUT2D eigenvalue weighted by Crippen LogP contribution is -2.31. The minimum Gasteiger partial charge on any atom is -0.342 e. The van der Waals surface area contributed by atoms with Crippen LogP contribution in [0.1, 0.15) is 40.8 Å². The number of imidazole rings is 1. The minimum atomic E-state index is -0.364. The van der Waals surface area contributed by atoms with E-state index in [-0.39, 0.29) is 17.6 Å². The Balaban J connectivity index is 1.76. The van der Waals surface area contributed by atoms with Crippen LogP contribution in [0.25, 0.3) is 0 Å². The number of aromatic amines is 1. The number of carbonyl (C=O) groups excluding carboxylic acids is 1. The fourth-order valence-electron chi connectivity index (χ4n) is 3.19. The number of aryl methyl sites for hydroxylation is 3. The smallest absolute Gasteiger partial charge is 0.342 e. The molecule has 2 N–H and O–H groups in total. The summed E-state index contributed by atoms with van der Waals surface area (Å²) in [5, 5.41) is 3.08. The second-order valence-corrected chi connectivity index (χ2v) is 6.54. The van der Waals surface area contributed by atoms with Crippen molar-refractivity contribution in [2.75, 3.05) is 0 Å². The van der Waals surface area contributed by atoms with Crippen molar-refractivity contribution in [2.45, 2.75) is 32.7 Å². The van der Waals surface area contributed by atoms with Crippen LogP contribution in [0.4, 0.5) is 0 Å². The van der Waals surface area contributed by atoms with Gasteiger partial charge in [-0.25, -0.2) is 9.78 Å². The first-order valence-electron chi connectivity index (χ1n) is 8.83. The average Bonchev–Trinajstić information content (AvgIpc) is 3.05. The molecule has 7 nitrogen and oxygen atoms in total. The zero-order valence-electron chi connectivity index (χ0n) is 15.7. The Hall–Kier alpha value is -3.22. The minimum absolute atomic E-state index is 0.0862. The molecule has 0 saturated carbocycles.